The molecule has 0 spiro atoms. The fraction of sp³-hybridized carbons (Fsp3) is 0.294. The second-order valence-corrected chi connectivity index (χ2v) is 9.29. The molecule has 1 aromatic carbocycles. The van der Waals surface area contributed by atoms with Crippen LogP contribution in [0.3, 0.4) is 0 Å². The molecule has 1 unspecified atom stereocenters. The monoisotopic (exact) mass is 417 g/mol. The first-order valence-electron chi connectivity index (χ1n) is 7.80. The summed E-state index contributed by atoms with van der Waals surface area (Å²) in [5, 5.41) is 3.58. The number of nitrogens with zero attached hydrogens (tertiary/aromatic N) is 3. The van der Waals surface area contributed by atoms with Gasteiger partial charge >= 0.3 is 6.18 Å². The maximum atomic E-state index is 13.1. The van der Waals surface area contributed by atoms with Gasteiger partial charge in [0.05, 0.1) is 15.5 Å². The second-order valence-electron chi connectivity index (χ2n) is 6.41. The van der Waals surface area contributed by atoms with Gasteiger partial charge in [-0.2, -0.15) is 13.2 Å². The highest BCUT2D eigenvalue weighted by atomic mass is 35.5. The number of hydrogen-bond donors (Lipinski definition) is 0. The second kappa shape index (κ2) is 6.49. The lowest BCUT2D eigenvalue weighted by atomic mass is 9.97. The number of rotatable bonds is 3. The Kier molecular flexibility index (Phi) is 4.72. The Morgan fingerprint density at radius 2 is 1.85 bits per heavy atom. The molecule has 0 saturated heterocycles. The van der Waals surface area contributed by atoms with Crippen LogP contribution < -0.4 is 0 Å². The minimum Gasteiger partial charge on any atom is -0.224 e. The molecule has 2 aromatic rings. The summed E-state index contributed by atoms with van der Waals surface area (Å²) < 4.78 is 63.6. The van der Waals surface area contributed by atoms with Gasteiger partial charge in [0.2, 0.25) is 0 Å². The van der Waals surface area contributed by atoms with Crippen LogP contribution in [0.4, 0.5) is 13.2 Å². The van der Waals surface area contributed by atoms with Crippen molar-refractivity contribution in [2.24, 2.45) is 0 Å². The quantitative estimate of drug-likeness (QED) is 0.707. The molecular weight excluding hydrogens is 403 g/mol. The third kappa shape index (κ3) is 4.24. The van der Waals surface area contributed by atoms with E-state index in [-0.39, 0.29) is 16.4 Å². The molecule has 0 aliphatic heterocycles. The molecule has 1 heterocycles. The summed E-state index contributed by atoms with van der Waals surface area (Å²) in [6.45, 7) is 1.79. The summed E-state index contributed by atoms with van der Waals surface area (Å²) in [7, 11) is -3.43. The lowest BCUT2D eigenvalue weighted by molar-refractivity contribution is -0.144. The van der Waals surface area contributed by atoms with Gasteiger partial charge in [0.15, 0.2) is 15.7 Å². The standard InChI is InChI=1S/C17H15ClF3N3O2S/c1-16(18)9-7-11(8-10-16)14-22-15(17(19,20)21)23-24(14)12-3-5-13(6-4-12)27(2,25)26/h3-9H,10H2,1-2H3. The Bertz CT molecular complexity index is 1040. The van der Waals surface area contributed by atoms with Crippen molar-refractivity contribution < 1.29 is 21.6 Å². The van der Waals surface area contributed by atoms with Crippen molar-refractivity contribution >= 4 is 27.0 Å². The van der Waals surface area contributed by atoms with E-state index < -0.39 is 26.7 Å². The van der Waals surface area contributed by atoms with E-state index in [9.17, 15) is 21.6 Å². The topological polar surface area (TPSA) is 64.8 Å². The summed E-state index contributed by atoms with van der Waals surface area (Å²) >= 11 is 6.21. The molecule has 1 atom stereocenters. The summed E-state index contributed by atoms with van der Waals surface area (Å²) in [6, 6.07) is 5.38. The van der Waals surface area contributed by atoms with Gasteiger partial charge in [0, 0.05) is 11.8 Å². The first-order valence-corrected chi connectivity index (χ1v) is 10.1. The normalized spacial score (nSPS) is 20.6. The zero-order valence-corrected chi connectivity index (χ0v) is 15.9. The number of aromatic nitrogens is 3. The van der Waals surface area contributed by atoms with Crippen LogP contribution in [0.5, 0.6) is 0 Å². The van der Waals surface area contributed by atoms with E-state index in [0.717, 1.165) is 10.9 Å². The average molecular weight is 418 g/mol. The largest absolute Gasteiger partial charge is 0.453 e. The highest BCUT2D eigenvalue weighted by Crippen LogP contribution is 2.33. The van der Waals surface area contributed by atoms with Crippen molar-refractivity contribution in [3.63, 3.8) is 0 Å². The maximum absolute atomic E-state index is 13.1. The van der Waals surface area contributed by atoms with Crippen LogP contribution in [0.1, 0.15) is 25.0 Å². The molecule has 144 valence electrons. The number of alkyl halides is 4. The van der Waals surface area contributed by atoms with Crippen molar-refractivity contribution in [1.82, 2.24) is 14.8 Å². The SMILES string of the molecule is CC1(Cl)C=CC(c2nc(C(F)(F)F)nn2-c2ccc(S(C)(=O)=O)cc2)=CC1. The molecule has 3 rings (SSSR count). The van der Waals surface area contributed by atoms with Crippen molar-refractivity contribution in [3.8, 4) is 5.69 Å². The zero-order chi connectivity index (χ0) is 20.0. The van der Waals surface area contributed by atoms with E-state index in [2.05, 4.69) is 10.1 Å². The fourth-order valence-electron chi connectivity index (χ4n) is 2.51. The predicted molar refractivity (Wildman–Crippen MR) is 95.5 cm³/mol. The van der Waals surface area contributed by atoms with E-state index in [4.69, 9.17) is 11.6 Å². The maximum Gasteiger partial charge on any atom is 0.453 e. The molecule has 1 aromatic heterocycles. The Morgan fingerprint density at radius 1 is 1.22 bits per heavy atom. The van der Waals surface area contributed by atoms with Gasteiger partial charge in [-0.15, -0.1) is 16.7 Å². The van der Waals surface area contributed by atoms with Crippen LogP contribution in [0.25, 0.3) is 11.3 Å². The van der Waals surface area contributed by atoms with Crippen LogP contribution in [-0.2, 0) is 16.0 Å². The van der Waals surface area contributed by atoms with Crippen LogP contribution in [0.2, 0.25) is 0 Å². The molecule has 0 bridgehead atoms. The van der Waals surface area contributed by atoms with E-state index in [1.165, 1.54) is 24.3 Å². The van der Waals surface area contributed by atoms with Gasteiger partial charge < -0.3 is 0 Å². The molecular formula is C17H15ClF3N3O2S. The van der Waals surface area contributed by atoms with Gasteiger partial charge in [-0.25, -0.2) is 18.1 Å². The Labute approximate surface area is 159 Å². The van der Waals surface area contributed by atoms with Crippen LogP contribution in [-0.4, -0.2) is 34.3 Å². The van der Waals surface area contributed by atoms with E-state index in [0.29, 0.717) is 12.0 Å². The Hall–Kier alpha value is -2.13. The minimum absolute atomic E-state index is 0.00199. The molecule has 0 fully saturated rings. The third-order valence-corrected chi connectivity index (χ3v) is 5.37. The molecule has 0 radical (unpaired) electrons. The highest BCUT2D eigenvalue weighted by molar-refractivity contribution is 7.90. The average Bonchev–Trinajstić information content (AvgIpc) is 2.99. The van der Waals surface area contributed by atoms with E-state index in [1.807, 2.05) is 0 Å². The molecule has 5 nitrogen and oxygen atoms in total. The number of allylic oxidation sites excluding steroid dienone is 4. The van der Waals surface area contributed by atoms with E-state index >= 15 is 0 Å². The molecule has 0 amide bonds. The smallest absolute Gasteiger partial charge is 0.224 e. The summed E-state index contributed by atoms with van der Waals surface area (Å²) in [4.78, 5) is 3.09. The molecule has 1 aliphatic rings. The zero-order valence-electron chi connectivity index (χ0n) is 14.3. The summed E-state index contributed by atoms with van der Waals surface area (Å²) in [5.74, 6) is -1.28. The third-order valence-electron chi connectivity index (χ3n) is 3.96. The number of hydrogen-bond acceptors (Lipinski definition) is 4. The predicted octanol–water partition coefficient (Wildman–Crippen LogP) is 4.03. The molecule has 1 aliphatic carbocycles. The summed E-state index contributed by atoms with van der Waals surface area (Å²) in [5.41, 5.74) is 0.706. The molecule has 27 heavy (non-hydrogen) atoms. The molecule has 0 saturated carbocycles. The van der Waals surface area contributed by atoms with Gasteiger partial charge in [-0.1, -0.05) is 18.2 Å². The number of sulfone groups is 1. The molecule has 0 N–H and O–H groups in total. The van der Waals surface area contributed by atoms with Crippen molar-refractivity contribution in [2.45, 2.75) is 29.3 Å². The van der Waals surface area contributed by atoms with Gasteiger partial charge in [-0.3, -0.25) is 0 Å². The molecule has 10 heteroatoms. The van der Waals surface area contributed by atoms with Crippen molar-refractivity contribution in [2.75, 3.05) is 6.26 Å². The van der Waals surface area contributed by atoms with Crippen molar-refractivity contribution in [1.29, 1.82) is 0 Å². The minimum atomic E-state index is -4.72. The number of benzene rings is 1. The van der Waals surface area contributed by atoms with Crippen LogP contribution in [0.15, 0.2) is 47.4 Å². The van der Waals surface area contributed by atoms with Crippen LogP contribution >= 0.6 is 11.6 Å². The van der Waals surface area contributed by atoms with Gasteiger partial charge in [-0.05, 0) is 37.6 Å². The lowest BCUT2D eigenvalue weighted by Gasteiger charge is -2.20. The van der Waals surface area contributed by atoms with E-state index in [1.54, 1.807) is 25.2 Å². The van der Waals surface area contributed by atoms with Gasteiger partial charge in [0.25, 0.3) is 5.82 Å². The first-order chi connectivity index (χ1) is 12.4. The first kappa shape index (κ1) is 19.6. The van der Waals surface area contributed by atoms with Crippen molar-refractivity contribution in [3.05, 3.63) is 54.1 Å². The highest BCUT2D eigenvalue weighted by Gasteiger charge is 2.38. The Morgan fingerprint density at radius 3 is 2.33 bits per heavy atom. The van der Waals surface area contributed by atoms with Crippen LogP contribution in [0, 0.1) is 0 Å². The lowest BCUT2D eigenvalue weighted by Crippen LogP contribution is -2.14. The summed E-state index contributed by atoms with van der Waals surface area (Å²) in [6.07, 6.45) is 1.73. The van der Waals surface area contributed by atoms with Gasteiger partial charge in [0.1, 0.15) is 0 Å². The Balaban J connectivity index is 2.11. The number of halogens is 4. The fourth-order valence-corrected chi connectivity index (χ4v) is 3.28.